The van der Waals surface area contributed by atoms with Gasteiger partial charge >= 0.3 is 5.97 Å². The number of anilines is 2. The molecule has 0 radical (unpaired) electrons. The molecule has 2 aliphatic carbocycles. The third kappa shape index (κ3) is 3.48. The molecule has 1 saturated carbocycles. The second kappa shape index (κ2) is 8.05. The van der Waals surface area contributed by atoms with Crippen LogP contribution >= 0.6 is 11.6 Å². The van der Waals surface area contributed by atoms with E-state index >= 15 is 0 Å². The van der Waals surface area contributed by atoms with Crippen LogP contribution in [0, 0.1) is 36.5 Å². The number of nitrogens with zero attached hydrogens (tertiary/aromatic N) is 2. The van der Waals surface area contributed by atoms with Crippen molar-refractivity contribution in [1.82, 2.24) is 0 Å². The van der Waals surface area contributed by atoms with Gasteiger partial charge in [-0.2, -0.15) is 0 Å². The summed E-state index contributed by atoms with van der Waals surface area (Å²) >= 11 is 6.04. The maximum absolute atomic E-state index is 13.1. The van der Waals surface area contributed by atoms with E-state index in [2.05, 4.69) is 12.2 Å². The summed E-state index contributed by atoms with van der Waals surface area (Å²) in [5.41, 5.74) is 1.84. The van der Waals surface area contributed by atoms with Gasteiger partial charge < -0.3 is 9.64 Å². The van der Waals surface area contributed by atoms with Crippen molar-refractivity contribution >= 4 is 46.7 Å². The van der Waals surface area contributed by atoms with Gasteiger partial charge in [0.05, 0.1) is 23.4 Å². The van der Waals surface area contributed by atoms with Gasteiger partial charge in [-0.25, -0.2) is 4.90 Å². The molecule has 0 spiro atoms. The fourth-order valence-corrected chi connectivity index (χ4v) is 6.23. The number of fused-ring (bicyclic) bond motifs is 5. The Kier molecular flexibility index (Phi) is 5.07. The van der Waals surface area contributed by atoms with Crippen LogP contribution in [0.2, 0.25) is 5.02 Å². The average Bonchev–Trinajstić information content (AvgIpc) is 3.58. The van der Waals surface area contributed by atoms with Gasteiger partial charge in [-0.1, -0.05) is 29.8 Å². The van der Waals surface area contributed by atoms with Gasteiger partial charge in [-0.3, -0.25) is 19.2 Å². The molecule has 5 atom stereocenters. The normalized spacial score (nSPS) is 28.9. The van der Waals surface area contributed by atoms with Crippen LogP contribution in [0.5, 0.6) is 5.75 Å². The molecule has 3 fully saturated rings. The molecular formula is C27H23ClN2O5. The third-order valence-electron chi connectivity index (χ3n) is 7.68. The minimum absolute atomic E-state index is 0.0539. The lowest BCUT2D eigenvalue weighted by molar-refractivity contribution is -0.139. The van der Waals surface area contributed by atoms with Crippen LogP contribution in [0.15, 0.2) is 54.6 Å². The van der Waals surface area contributed by atoms with E-state index in [0.29, 0.717) is 27.7 Å². The first-order valence-corrected chi connectivity index (χ1v) is 12.1. The number of carbonyl (C=O) groups is 4. The lowest BCUT2D eigenvalue weighted by atomic mass is 9.85. The summed E-state index contributed by atoms with van der Waals surface area (Å²) in [6, 6.07) is 11.8. The maximum Gasteiger partial charge on any atom is 0.316 e. The molecule has 2 aromatic carbocycles. The van der Waals surface area contributed by atoms with E-state index < -0.39 is 11.9 Å². The number of ether oxygens (including phenoxy) is 1. The summed E-state index contributed by atoms with van der Waals surface area (Å²) in [6.45, 7) is 2.00. The zero-order chi connectivity index (χ0) is 24.4. The van der Waals surface area contributed by atoms with Crippen LogP contribution in [-0.4, -0.2) is 30.2 Å². The zero-order valence-corrected chi connectivity index (χ0v) is 19.8. The smallest absolute Gasteiger partial charge is 0.316 e. The van der Waals surface area contributed by atoms with E-state index in [-0.39, 0.29) is 54.4 Å². The summed E-state index contributed by atoms with van der Waals surface area (Å²) in [7, 11) is 0. The quantitative estimate of drug-likeness (QED) is 0.281. The Hall–Kier alpha value is -3.45. The number of benzene rings is 2. The third-order valence-corrected chi connectivity index (χ3v) is 7.91. The van der Waals surface area contributed by atoms with Crippen LogP contribution in [-0.2, 0) is 19.2 Å². The number of hydrogen-bond donors (Lipinski definition) is 0. The molecule has 3 amide bonds. The van der Waals surface area contributed by atoms with E-state index in [1.54, 1.807) is 49.4 Å². The van der Waals surface area contributed by atoms with Crippen molar-refractivity contribution in [1.29, 1.82) is 0 Å². The molecule has 2 aromatic rings. The molecule has 35 heavy (non-hydrogen) atoms. The molecule has 8 heteroatoms. The second-order valence-corrected chi connectivity index (χ2v) is 10.2. The minimum Gasteiger partial charge on any atom is -0.426 e. The summed E-state index contributed by atoms with van der Waals surface area (Å²) in [5.74, 6) is -1.49. The Bertz CT molecular complexity index is 1290. The number of rotatable bonds is 4. The summed E-state index contributed by atoms with van der Waals surface area (Å²) in [5, 5.41) is 0.513. The van der Waals surface area contributed by atoms with E-state index in [0.717, 1.165) is 6.42 Å². The number of imide groups is 1. The van der Waals surface area contributed by atoms with Crippen molar-refractivity contribution in [3.05, 3.63) is 65.2 Å². The van der Waals surface area contributed by atoms with E-state index in [1.807, 2.05) is 0 Å². The number of esters is 1. The predicted octanol–water partition coefficient (Wildman–Crippen LogP) is 3.92. The average molecular weight is 491 g/mol. The second-order valence-electron chi connectivity index (χ2n) is 9.77. The molecule has 2 saturated heterocycles. The fourth-order valence-electron chi connectivity index (χ4n) is 6.04. The standard InChI is InChI=1S/C27H23ClN2O5/c1-14-9-20(35-27(34)17-11-22(31)29(13-17)19-4-2-3-18(28)12-19)7-8-21(14)30-25(32)23-15-5-6-16(10-15)24(23)26(30)33/h2-9,12,15-17,23-24H,10-11,13H2,1H3/t15-,16-,17+,23-,24-/m0/s1. The Morgan fingerprint density at radius 2 is 1.71 bits per heavy atom. The molecule has 0 aromatic heterocycles. The van der Waals surface area contributed by atoms with Gasteiger partial charge in [0.25, 0.3) is 0 Å². The molecule has 2 bridgehead atoms. The number of amides is 3. The van der Waals surface area contributed by atoms with Crippen LogP contribution in [0.4, 0.5) is 11.4 Å². The monoisotopic (exact) mass is 490 g/mol. The largest absolute Gasteiger partial charge is 0.426 e. The lowest BCUT2D eigenvalue weighted by Gasteiger charge is -2.20. The predicted molar refractivity (Wildman–Crippen MR) is 129 cm³/mol. The highest BCUT2D eigenvalue weighted by molar-refractivity contribution is 6.31. The highest BCUT2D eigenvalue weighted by atomic mass is 35.5. The van der Waals surface area contributed by atoms with Gasteiger partial charge in [0, 0.05) is 23.7 Å². The topological polar surface area (TPSA) is 84.0 Å². The molecule has 0 unspecified atom stereocenters. The molecule has 2 heterocycles. The van der Waals surface area contributed by atoms with E-state index in [1.165, 1.54) is 9.80 Å². The van der Waals surface area contributed by atoms with Gasteiger partial charge in [0.1, 0.15) is 5.75 Å². The van der Waals surface area contributed by atoms with Gasteiger partial charge in [-0.15, -0.1) is 0 Å². The summed E-state index contributed by atoms with van der Waals surface area (Å²) in [4.78, 5) is 54.4. The number of halogens is 1. The minimum atomic E-state index is -0.606. The number of carbonyl (C=O) groups excluding carboxylic acids is 4. The van der Waals surface area contributed by atoms with Gasteiger partial charge in [0.2, 0.25) is 17.7 Å². The van der Waals surface area contributed by atoms with Gasteiger partial charge in [0.15, 0.2) is 0 Å². The van der Waals surface area contributed by atoms with Crippen molar-refractivity contribution in [2.45, 2.75) is 19.8 Å². The molecule has 7 nitrogen and oxygen atoms in total. The van der Waals surface area contributed by atoms with Crippen molar-refractivity contribution in [3.8, 4) is 5.75 Å². The number of aryl methyl sites for hydroxylation is 1. The highest BCUT2D eigenvalue weighted by Gasteiger charge is 2.59. The fraction of sp³-hybridized carbons (Fsp3) is 0.333. The van der Waals surface area contributed by atoms with E-state index in [4.69, 9.17) is 16.3 Å². The molecule has 2 aliphatic heterocycles. The molecule has 4 aliphatic rings. The molecule has 6 rings (SSSR count). The van der Waals surface area contributed by atoms with Crippen LogP contribution in [0.25, 0.3) is 0 Å². The number of hydrogen-bond acceptors (Lipinski definition) is 5. The van der Waals surface area contributed by atoms with Crippen molar-refractivity contribution in [2.24, 2.45) is 29.6 Å². The first-order chi connectivity index (χ1) is 16.8. The van der Waals surface area contributed by atoms with Crippen molar-refractivity contribution in [3.63, 3.8) is 0 Å². The Balaban J connectivity index is 1.16. The SMILES string of the molecule is Cc1cc(OC(=O)[C@@H]2CC(=O)N(c3cccc(Cl)c3)C2)ccc1N1C(=O)[C@@H]2[C@@H](C1=O)[C@H]1C=C[C@H]2C1. The van der Waals surface area contributed by atoms with Crippen LogP contribution in [0.3, 0.4) is 0 Å². The summed E-state index contributed by atoms with van der Waals surface area (Å²) in [6.07, 6.45) is 5.07. The van der Waals surface area contributed by atoms with Gasteiger partial charge in [-0.05, 0) is 67.1 Å². The maximum atomic E-state index is 13.1. The van der Waals surface area contributed by atoms with E-state index in [9.17, 15) is 19.2 Å². The van der Waals surface area contributed by atoms with Crippen LogP contribution in [0.1, 0.15) is 18.4 Å². The van der Waals surface area contributed by atoms with Crippen molar-refractivity contribution < 1.29 is 23.9 Å². The Morgan fingerprint density at radius 3 is 2.37 bits per heavy atom. The number of allylic oxidation sites excluding steroid dienone is 2. The first-order valence-electron chi connectivity index (χ1n) is 11.8. The highest BCUT2D eigenvalue weighted by Crippen LogP contribution is 2.53. The molecule has 178 valence electrons. The molecular weight excluding hydrogens is 468 g/mol. The molecule has 0 N–H and O–H groups in total. The first kappa shape index (κ1) is 22.0. The summed E-state index contributed by atoms with van der Waals surface area (Å²) < 4.78 is 5.58. The Labute approximate surface area is 207 Å². The lowest BCUT2D eigenvalue weighted by Crippen LogP contribution is -2.33. The van der Waals surface area contributed by atoms with Crippen molar-refractivity contribution in [2.75, 3.05) is 16.3 Å². The zero-order valence-electron chi connectivity index (χ0n) is 19.0. The Morgan fingerprint density at radius 1 is 1.00 bits per heavy atom. The van der Waals surface area contributed by atoms with Crippen LogP contribution < -0.4 is 14.5 Å².